The summed E-state index contributed by atoms with van der Waals surface area (Å²) in [6.07, 6.45) is -3.07. The summed E-state index contributed by atoms with van der Waals surface area (Å²) in [6.45, 7) is -0.429. The van der Waals surface area contributed by atoms with E-state index in [4.69, 9.17) is 15.6 Å². The van der Waals surface area contributed by atoms with Crippen LogP contribution in [0.25, 0.3) is 11.2 Å². The number of nitrogens with two attached hydrogens (primary N) is 1. The van der Waals surface area contributed by atoms with Gasteiger partial charge in [-0.05, 0) is 0 Å². The van der Waals surface area contributed by atoms with Crippen molar-refractivity contribution in [2.24, 2.45) is 0 Å². The molecule has 11 nitrogen and oxygen atoms in total. The van der Waals surface area contributed by atoms with Crippen LogP contribution >= 0.6 is 12.6 Å². The second kappa shape index (κ2) is 6.63. The number of thiol groups is 1. The first kappa shape index (κ1) is 17.7. The monoisotopic (exact) mass is 371 g/mol. The minimum Gasteiger partial charge on any atom is -0.481 e. The van der Waals surface area contributed by atoms with Gasteiger partial charge in [0.25, 0.3) is 5.56 Å². The van der Waals surface area contributed by atoms with Gasteiger partial charge in [-0.15, -0.1) is 0 Å². The van der Waals surface area contributed by atoms with Crippen molar-refractivity contribution in [2.75, 3.05) is 12.3 Å². The van der Waals surface area contributed by atoms with E-state index in [0.29, 0.717) is 0 Å². The van der Waals surface area contributed by atoms with Crippen molar-refractivity contribution in [3.63, 3.8) is 0 Å². The Kier molecular flexibility index (Phi) is 4.69. The summed E-state index contributed by atoms with van der Waals surface area (Å²) in [5.74, 6) is -0.949. The lowest BCUT2D eigenvalue weighted by atomic mass is 10.2. The third-order valence-corrected chi connectivity index (χ3v) is 4.54. The molecule has 0 spiro atoms. The number of nitrogens with zero attached hydrogens (tertiary/aromatic N) is 3. The Balaban J connectivity index is 2.15. The van der Waals surface area contributed by atoms with Crippen molar-refractivity contribution < 1.29 is 24.9 Å². The van der Waals surface area contributed by atoms with Crippen molar-refractivity contribution in [3.8, 4) is 0 Å². The molecule has 1 fully saturated rings. The fourth-order valence-electron chi connectivity index (χ4n) is 2.80. The number of aliphatic hydroxyl groups is 2. The zero-order valence-corrected chi connectivity index (χ0v) is 13.8. The predicted octanol–water partition coefficient (Wildman–Crippen LogP) is -1.73. The van der Waals surface area contributed by atoms with Crippen molar-refractivity contribution in [2.45, 2.75) is 36.5 Å². The van der Waals surface area contributed by atoms with Crippen molar-refractivity contribution >= 4 is 35.7 Å². The van der Waals surface area contributed by atoms with Gasteiger partial charge in [0, 0.05) is 6.42 Å². The molecule has 1 aliphatic rings. The van der Waals surface area contributed by atoms with E-state index in [1.54, 1.807) is 0 Å². The fourth-order valence-corrected chi connectivity index (χ4v) is 3.20. The number of H-pyrrole nitrogens is 1. The highest BCUT2D eigenvalue weighted by atomic mass is 32.1. The molecule has 0 aromatic carbocycles. The first-order chi connectivity index (χ1) is 11.8. The number of aromatic amines is 1. The lowest BCUT2D eigenvalue weighted by molar-refractivity contribution is -0.137. The molecule has 2 aromatic heterocycles. The van der Waals surface area contributed by atoms with Gasteiger partial charge in [-0.2, -0.15) is 17.6 Å². The molecule has 6 N–H and O–H groups in total. The highest BCUT2D eigenvalue weighted by Crippen LogP contribution is 2.35. The van der Waals surface area contributed by atoms with Crippen LogP contribution in [0.1, 0.15) is 18.5 Å². The number of hydrogen-bond donors (Lipinski definition) is 6. The van der Waals surface area contributed by atoms with Crippen LogP contribution < -0.4 is 11.3 Å². The van der Waals surface area contributed by atoms with E-state index >= 15 is 0 Å². The molecule has 0 radical (unpaired) electrons. The number of imidazole rings is 1. The maximum Gasteiger partial charge on any atom is 0.303 e. The smallest absolute Gasteiger partial charge is 0.303 e. The van der Waals surface area contributed by atoms with Crippen LogP contribution in [0, 0.1) is 0 Å². The van der Waals surface area contributed by atoms with Crippen molar-refractivity contribution in [3.05, 3.63) is 16.2 Å². The van der Waals surface area contributed by atoms with Crippen LogP contribution in [0.2, 0.25) is 0 Å². The van der Waals surface area contributed by atoms with Crippen LogP contribution in [0.3, 0.4) is 0 Å². The van der Waals surface area contributed by atoms with E-state index in [-0.39, 0.29) is 35.8 Å². The van der Waals surface area contributed by atoms with E-state index < -0.39 is 41.8 Å². The van der Waals surface area contributed by atoms with E-state index in [0.717, 1.165) is 0 Å². The molecule has 136 valence electrons. The van der Waals surface area contributed by atoms with Gasteiger partial charge in [0.15, 0.2) is 17.4 Å². The lowest BCUT2D eigenvalue weighted by Crippen LogP contribution is -2.30. The summed E-state index contributed by atoms with van der Waals surface area (Å²) in [7, 11) is 0. The third-order valence-electron chi connectivity index (χ3n) is 3.98. The van der Waals surface area contributed by atoms with Gasteiger partial charge in [0.1, 0.15) is 11.9 Å². The average molecular weight is 371 g/mol. The number of aryl methyl sites for hydroxylation is 1. The number of aliphatic hydroxyl groups excluding tert-OH is 2. The maximum absolute atomic E-state index is 12.1. The fraction of sp³-hybridized carbons (Fsp3) is 0.538. The predicted molar refractivity (Wildman–Crippen MR) is 88.3 cm³/mol. The number of nitrogens with one attached hydrogen (secondary N) is 1. The Bertz CT molecular complexity index is 866. The van der Waals surface area contributed by atoms with Gasteiger partial charge in [-0.3, -0.25) is 19.1 Å². The van der Waals surface area contributed by atoms with Crippen LogP contribution in [0.15, 0.2) is 4.79 Å². The molecule has 0 amide bonds. The summed E-state index contributed by atoms with van der Waals surface area (Å²) >= 11 is 4.32. The van der Waals surface area contributed by atoms with Gasteiger partial charge < -0.3 is 25.8 Å². The third kappa shape index (κ3) is 3.08. The molecule has 3 rings (SSSR count). The molecule has 4 atom stereocenters. The van der Waals surface area contributed by atoms with Crippen molar-refractivity contribution in [1.82, 2.24) is 19.5 Å². The van der Waals surface area contributed by atoms with Gasteiger partial charge in [-0.1, -0.05) is 0 Å². The number of carboxylic acids is 1. The Morgan fingerprint density at radius 1 is 1.44 bits per heavy atom. The summed E-state index contributed by atoms with van der Waals surface area (Å²) in [6, 6.07) is 0. The van der Waals surface area contributed by atoms with Crippen LogP contribution in [-0.4, -0.2) is 64.9 Å². The van der Waals surface area contributed by atoms with Crippen molar-refractivity contribution in [1.29, 1.82) is 0 Å². The quantitative estimate of drug-likeness (QED) is 0.333. The molecule has 3 heterocycles. The Labute approximate surface area is 145 Å². The van der Waals surface area contributed by atoms with E-state index in [9.17, 15) is 19.8 Å². The number of ether oxygens (including phenoxy) is 1. The normalized spacial score (nSPS) is 26.4. The minimum atomic E-state index is -1.07. The summed E-state index contributed by atoms with van der Waals surface area (Å²) in [4.78, 5) is 33.5. The Hall–Kier alpha value is -2.15. The zero-order chi connectivity index (χ0) is 18.3. The highest BCUT2D eigenvalue weighted by molar-refractivity contribution is 7.81. The average Bonchev–Trinajstić information content (AvgIpc) is 3.04. The Morgan fingerprint density at radius 2 is 2.16 bits per heavy atom. The SMILES string of the molecule is Nc1nc2c(nc(CCC(=O)O)n2[C@@H]2O[C@H](CO)[C@@H](O)[C@H]2S)c(=O)[nH]1. The number of hydrogen-bond acceptors (Lipinski definition) is 9. The number of nitrogen functional groups attached to an aromatic ring is 1. The lowest BCUT2D eigenvalue weighted by Gasteiger charge is -2.19. The largest absolute Gasteiger partial charge is 0.481 e. The first-order valence-electron chi connectivity index (χ1n) is 7.44. The van der Waals surface area contributed by atoms with E-state index in [1.165, 1.54) is 4.57 Å². The second-order valence-electron chi connectivity index (χ2n) is 5.64. The molecule has 1 saturated heterocycles. The number of fused-ring (bicyclic) bond motifs is 1. The van der Waals surface area contributed by atoms with Gasteiger partial charge in [-0.25, -0.2) is 4.98 Å². The number of carboxylic acid groups (broad SMARTS) is 1. The topological polar surface area (TPSA) is 177 Å². The van der Waals surface area contributed by atoms with Crippen LogP contribution in [0.5, 0.6) is 0 Å². The zero-order valence-electron chi connectivity index (χ0n) is 12.9. The number of aliphatic carboxylic acids is 1. The molecule has 12 heteroatoms. The second-order valence-corrected chi connectivity index (χ2v) is 6.24. The first-order valence-corrected chi connectivity index (χ1v) is 7.96. The molecule has 25 heavy (non-hydrogen) atoms. The Morgan fingerprint density at radius 3 is 2.76 bits per heavy atom. The number of anilines is 1. The van der Waals surface area contributed by atoms with Gasteiger partial charge in [0.05, 0.1) is 24.4 Å². The summed E-state index contributed by atoms with van der Waals surface area (Å²) in [5, 5.41) is 27.6. The standard InChI is InChI=1S/C13H17N5O6S/c14-13-16-10-7(11(23)17-13)15-5(1-2-6(20)21)18(10)12-9(25)8(22)4(3-19)24-12/h4,8-9,12,19,22,25H,1-3H2,(H,20,21)(H3,14,16,17,23)/t4-,8-,9-,12-/m1/s1. The molecule has 0 saturated carbocycles. The molecule has 2 aromatic rings. The molecular formula is C13H17N5O6S. The van der Waals surface area contributed by atoms with Crippen LogP contribution in [0.4, 0.5) is 5.95 Å². The maximum atomic E-state index is 12.1. The highest BCUT2D eigenvalue weighted by Gasteiger charge is 2.44. The molecule has 0 bridgehead atoms. The number of rotatable bonds is 5. The summed E-state index contributed by atoms with van der Waals surface area (Å²) < 4.78 is 7.02. The minimum absolute atomic E-state index is 0.00524. The molecule has 0 unspecified atom stereocenters. The van der Waals surface area contributed by atoms with Crippen LogP contribution in [-0.2, 0) is 16.0 Å². The van der Waals surface area contributed by atoms with Gasteiger partial charge in [0.2, 0.25) is 5.95 Å². The van der Waals surface area contributed by atoms with Gasteiger partial charge >= 0.3 is 5.97 Å². The van der Waals surface area contributed by atoms with E-state index in [1.807, 2.05) is 0 Å². The summed E-state index contributed by atoms with van der Waals surface area (Å²) in [5.41, 5.74) is 5.08. The number of aromatic nitrogens is 4. The molecular weight excluding hydrogens is 354 g/mol. The molecule has 1 aliphatic heterocycles. The van der Waals surface area contributed by atoms with E-state index in [2.05, 4.69) is 27.6 Å². The molecule has 0 aliphatic carbocycles. The number of carbonyl (C=O) groups is 1.